The van der Waals surface area contributed by atoms with Crippen LogP contribution in [0.1, 0.15) is 18.9 Å². The molecule has 2 rings (SSSR count). The normalized spacial score (nSPS) is 24.5. The lowest BCUT2D eigenvalue weighted by Gasteiger charge is -2.27. The fraction of sp³-hybridized carbons (Fsp3) is 0.462. The second-order valence-corrected chi connectivity index (χ2v) is 8.75. The summed E-state index contributed by atoms with van der Waals surface area (Å²) in [7, 11) is -2.95. The van der Waals surface area contributed by atoms with E-state index in [2.05, 4.69) is 5.32 Å². The van der Waals surface area contributed by atoms with Crippen LogP contribution in [0.15, 0.2) is 23.1 Å². The molecule has 1 atom stereocenters. The number of thioether (sulfide) groups is 1. The first-order chi connectivity index (χ1) is 9.26. The molecule has 0 bridgehead atoms. The van der Waals surface area contributed by atoms with Crippen molar-refractivity contribution in [2.45, 2.75) is 23.8 Å². The SMILES string of the molecule is CSc1cccc(NC2(C)CCS(=O)(=O)C2)c1C(N)=S. The molecule has 3 N–H and O–H groups in total. The third-order valence-corrected chi connectivity index (χ3v) is 6.32. The zero-order valence-corrected chi connectivity index (χ0v) is 13.9. The highest BCUT2D eigenvalue weighted by Crippen LogP contribution is 2.32. The summed E-state index contributed by atoms with van der Waals surface area (Å²) in [5.74, 6) is 0.362. The Morgan fingerprint density at radius 1 is 1.50 bits per heavy atom. The smallest absolute Gasteiger partial charge is 0.152 e. The van der Waals surface area contributed by atoms with Gasteiger partial charge < -0.3 is 11.1 Å². The minimum Gasteiger partial charge on any atom is -0.389 e. The Labute approximate surface area is 129 Å². The molecule has 1 aromatic rings. The van der Waals surface area contributed by atoms with Gasteiger partial charge in [-0.05, 0) is 31.7 Å². The summed E-state index contributed by atoms with van der Waals surface area (Å²) in [4.78, 5) is 1.31. The van der Waals surface area contributed by atoms with Crippen molar-refractivity contribution in [1.82, 2.24) is 0 Å². The lowest BCUT2D eigenvalue weighted by molar-refractivity contribution is 0.574. The second kappa shape index (κ2) is 5.54. The topological polar surface area (TPSA) is 72.2 Å². The Kier molecular flexibility index (Phi) is 4.32. The van der Waals surface area contributed by atoms with Gasteiger partial charge in [-0.3, -0.25) is 0 Å². The fourth-order valence-corrected chi connectivity index (χ4v) is 5.51. The minimum atomic E-state index is -2.95. The van der Waals surface area contributed by atoms with Crippen molar-refractivity contribution in [1.29, 1.82) is 0 Å². The van der Waals surface area contributed by atoms with Gasteiger partial charge in [0.25, 0.3) is 0 Å². The van der Waals surface area contributed by atoms with Crippen LogP contribution < -0.4 is 11.1 Å². The molecule has 0 aliphatic carbocycles. The monoisotopic (exact) mass is 330 g/mol. The van der Waals surface area contributed by atoms with Crippen molar-refractivity contribution in [2.75, 3.05) is 23.1 Å². The highest BCUT2D eigenvalue weighted by molar-refractivity contribution is 7.98. The molecule has 1 aliphatic heterocycles. The number of nitrogens with one attached hydrogen (secondary N) is 1. The summed E-state index contributed by atoms with van der Waals surface area (Å²) < 4.78 is 23.4. The van der Waals surface area contributed by atoms with Gasteiger partial charge in [-0.2, -0.15) is 0 Å². The molecule has 20 heavy (non-hydrogen) atoms. The molecule has 0 aromatic heterocycles. The molecular formula is C13H18N2O2S3. The van der Waals surface area contributed by atoms with E-state index in [4.69, 9.17) is 18.0 Å². The number of rotatable bonds is 4. The molecule has 1 heterocycles. The fourth-order valence-electron chi connectivity index (χ4n) is 2.49. The molecule has 1 aliphatic rings. The number of thiocarbonyl (C=S) groups is 1. The van der Waals surface area contributed by atoms with Gasteiger partial charge in [-0.25, -0.2) is 8.42 Å². The number of hydrogen-bond donors (Lipinski definition) is 2. The van der Waals surface area contributed by atoms with E-state index in [1.165, 1.54) is 0 Å². The highest BCUT2D eigenvalue weighted by atomic mass is 32.2. The minimum absolute atomic E-state index is 0.139. The van der Waals surface area contributed by atoms with E-state index in [1.807, 2.05) is 31.4 Å². The number of anilines is 1. The van der Waals surface area contributed by atoms with Gasteiger partial charge >= 0.3 is 0 Å². The summed E-state index contributed by atoms with van der Waals surface area (Å²) >= 11 is 6.70. The number of sulfone groups is 1. The molecule has 1 unspecified atom stereocenters. The van der Waals surface area contributed by atoms with Crippen molar-refractivity contribution in [3.8, 4) is 0 Å². The van der Waals surface area contributed by atoms with Crippen LogP contribution in [0, 0.1) is 0 Å². The molecule has 1 fully saturated rings. The van der Waals surface area contributed by atoms with Crippen molar-refractivity contribution in [2.24, 2.45) is 5.73 Å². The lowest BCUT2D eigenvalue weighted by atomic mass is 10.0. The van der Waals surface area contributed by atoms with Crippen LogP contribution in [0.4, 0.5) is 5.69 Å². The molecule has 4 nitrogen and oxygen atoms in total. The molecule has 0 radical (unpaired) electrons. The van der Waals surface area contributed by atoms with Gasteiger partial charge in [-0.15, -0.1) is 11.8 Å². The maximum atomic E-state index is 11.7. The largest absolute Gasteiger partial charge is 0.389 e. The maximum Gasteiger partial charge on any atom is 0.152 e. The third kappa shape index (κ3) is 3.27. The standard InChI is InChI=1S/C13H18N2O2S3/c1-13(6-7-20(16,17)8-13)15-9-4-3-5-10(19-2)11(9)12(14)18/h3-5,15H,6-8H2,1-2H3,(H2,14,18). The maximum absolute atomic E-state index is 11.7. The Bertz CT molecular complexity index is 643. The molecule has 1 aromatic carbocycles. The van der Waals surface area contributed by atoms with E-state index in [-0.39, 0.29) is 11.5 Å². The quantitative estimate of drug-likeness (QED) is 0.650. The van der Waals surface area contributed by atoms with Gasteiger partial charge in [0.2, 0.25) is 0 Å². The van der Waals surface area contributed by atoms with Gasteiger partial charge in [0, 0.05) is 21.7 Å². The average molecular weight is 331 g/mol. The number of nitrogens with two attached hydrogens (primary N) is 1. The van der Waals surface area contributed by atoms with Crippen LogP contribution in [0.3, 0.4) is 0 Å². The summed E-state index contributed by atoms with van der Waals surface area (Å²) in [5.41, 5.74) is 6.96. The summed E-state index contributed by atoms with van der Waals surface area (Å²) in [6.45, 7) is 1.92. The van der Waals surface area contributed by atoms with E-state index >= 15 is 0 Å². The first kappa shape index (κ1) is 15.6. The molecular weight excluding hydrogens is 312 g/mol. The lowest BCUT2D eigenvalue weighted by Crippen LogP contribution is -2.36. The summed E-state index contributed by atoms with van der Waals surface area (Å²) in [5, 5.41) is 3.34. The summed E-state index contributed by atoms with van der Waals surface area (Å²) in [6, 6.07) is 5.77. The average Bonchev–Trinajstić information content (AvgIpc) is 2.62. The van der Waals surface area contributed by atoms with E-state index < -0.39 is 15.4 Å². The third-order valence-electron chi connectivity index (χ3n) is 3.43. The van der Waals surface area contributed by atoms with Crippen molar-refractivity contribution >= 4 is 44.5 Å². The van der Waals surface area contributed by atoms with E-state index in [1.54, 1.807) is 11.8 Å². The first-order valence-electron chi connectivity index (χ1n) is 6.22. The predicted molar refractivity (Wildman–Crippen MR) is 89.4 cm³/mol. The Balaban J connectivity index is 2.37. The van der Waals surface area contributed by atoms with Gasteiger partial charge in [-0.1, -0.05) is 18.3 Å². The number of benzene rings is 1. The molecule has 1 saturated heterocycles. The van der Waals surface area contributed by atoms with Crippen LogP contribution >= 0.6 is 24.0 Å². The Morgan fingerprint density at radius 3 is 2.70 bits per heavy atom. The van der Waals surface area contributed by atoms with Crippen LogP contribution in [-0.4, -0.2) is 36.7 Å². The number of hydrogen-bond acceptors (Lipinski definition) is 5. The van der Waals surface area contributed by atoms with Crippen LogP contribution in [0.2, 0.25) is 0 Å². The van der Waals surface area contributed by atoms with Gasteiger partial charge in [0.05, 0.1) is 11.5 Å². The van der Waals surface area contributed by atoms with Crippen molar-refractivity contribution < 1.29 is 8.42 Å². The van der Waals surface area contributed by atoms with Crippen LogP contribution in [-0.2, 0) is 9.84 Å². The zero-order valence-electron chi connectivity index (χ0n) is 11.5. The van der Waals surface area contributed by atoms with Crippen LogP contribution in [0.25, 0.3) is 0 Å². The molecule has 7 heteroatoms. The van der Waals surface area contributed by atoms with E-state index in [0.717, 1.165) is 16.1 Å². The second-order valence-electron chi connectivity index (χ2n) is 5.27. The molecule has 0 spiro atoms. The van der Waals surface area contributed by atoms with Gasteiger partial charge in [0.15, 0.2) is 9.84 Å². The van der Waals surface area contributed by atoms with Gasteiger partial charge in [0.1, 0.15) is 4.99 Å². The first-order valence-corrected chi connectivity index (χ1v) is 9.67. The van der Waals surface area contributed by atoms with E-state index in [0.29, 0.717) is 11.4 Å². The van der Waals surface area contributed by atoms with Crippen molar-refractivity contribution in [3.63, 3.8) is 0 Å². The van der Waals surface area contributed by atoms with E-state index in [9.17, 15) is 8.42 Å². The Morgan fingerprint density at radius 2 is 2.20 bits per heavy atom. The highest BCUT2D eigenvalue weighted by Gasteiger charge is 2.38. The molecule has 0 amide bonds. The molecule has 0 saturated carbocycles. The van der Waals surface area contributed by atoms with Crippen molar-refractivity contribution in [3.05, 3.63) is 23.8 Å². The Hall–Kier alpha value is -0.790. The predicted octanol–water partition coefficient (Wildman–Crippen LogP) is 2.03. The molecule has 110 valence electrons. The summed E-state index contributed by atoms with van der Waals surface area (Å²) in [6.07, 6.45) is 2.55. The van der Waals surface area contributed by atoms with Crippen LogP contribution in [0.5, 0.6) is 0 Å². The zero-order chi connectivity index (χ0) is 15.0.